The van der Waals surface area contributed by atoms with E-state index in [4.69, 9.17) is 4.74 Å². The van der Waals surface area contributed by atoms with Gasteiger partial charge in [0.2, 0.25) is 0 Å². The van der Waals surface area contributed by atoms with Crippen molar-refractivity contribution in [1.82, 2.24) is 0 Å². The number of alkyl halides is 3. The van der Waals surface area contributed by atoms with Crippen LogP contribution in [0.1, 0.15) is 25.3 Å². The molecule has 1 atom stereocenters. The molecule has 6 heteroatoms. The molecular formula is C14H19F3O2S. The number of benzene rings is 1. The molecule has 0 saturated heterocycles. The van der Waals surface area contributed by atoms with Gasteiger partial charge >= 0.3 is 6.36 Å². The molecule has 1 aromatic rings. The highest BCUT2D eigenvalue weighted by atomic mass is 32.2. The summed E-state index contributed by atoms with van der Waals surface area (Å²) in [6.45, 7) is 3.17. The van der Waals surface area contributed by atoms with E-state index in [-0.39, 0.29) is 5.75 Å². The lowest BCUT2D eigenvalue weighted by Crippen LogP contribution is -2.17. The van der Waals surface area contributed by atoms with Gasteiger partial charge < -0.3 is 9.47 Å². The summed E-state index contributed by atoms with van der Waals surface area (Å²) < 4.78 is 45.4. The summed E-state index contributed by atoms with van der Waals surface area (Å²) in [7, 11) is 0. The normalized spacial score (nSPS) is 13.2. The molecule has 0 fully saturated rings. The lowest BCUT2D eigenvalue weighted by atomic mass is 10.2. The van der Waals surface area contributed by atoms with E-state index in [1.807, 2.05) is 6.26 Å². The highest BCUT2D eigenvalue weighted by Crippen LogP contribution is 2.23. The highest BCUT2D eigenvalue weighted by molar-refractivity contribution is 7.99. The maximum Gasteiger partial charge on any atom is 0.573 e. The minimum atomic E-state index is -4.65. The van der Waals surface area contributed by atoms with Gasteiger partial charge in [0.25, 0.3) is 0 Å². The molecule has 0 aliphatic carbocycles. The molecule has 1 rings (SSSR count). The molecule has 0 N–H and O–H groups in total. The number of halogens is 3. The van der Waals surface area contributed by atoms with Crippen LogP contribution in [0.25, 0.3) is 0 Å². The Morgan fingerprint density at radius 2 is 1.85 bits per heavy atom. The molecule has 0 aromatic heterocycles. The van der Waals surface area contributed by atoms with Crippen LogP contribution in [0, 0.1) is 0 Å². The minimum absolute atomic E-state index is 0.214. The molecule has 0 amide bonds. The summed E-state index contributed by atoms with van der Waals surface area (Å²) in [5, 5.41) is 0.466. The topological polar surface area (TPSA) is 18.5 Å². The quantitative estimate of drug-likeness (QED) is 0.697. The first kappa shape index (κ1) is 17.2. The zero-order valence-electron chi connectivity index (χ0n) is 11.6. The number of hydrogen-bond donors (Lipinski definition) is 0. The molecule has 0 radical (unpaired) electrons. The van der Waals surface area contributed by atoms with Crippen molar-refractivity contribution in [3.63, 3.8) is 0 Å². The smallest absolute Gasteiger partial charge is 0.406 e. The summed E-state index contributed by atoms with van der Waals surface area (Å²) in [6, 6.07) is 5.75. The third kappa shape index (κ3) is 7.05. The second-order valence-corrected chi connectivity index (χ2v) is 5.49. The minimum Gasteiger partial charge on any atom is -0.406 e. The van der Waals surface area contributed by atoms with Crippen molar-refractivity contribution < 1.29 is 22.6 Å². The van der Waals surface area contributed by atoms with Crippen molar-refractivity contribution in [2.45, 2.75) is 38.0 Å². The molecule has 0 bridgehead atoms. The van der Waals surface area contributed by atoms with Crippen molar-refractivity contribution >= 4 is 11.8 Å². The molecular weight excluding hydrogens is 289 g/mol. The zero-order chi connectivity index (χ0) is 15.0. The molecule has 114 valence electrons. The monoisotopic (exact) mass is 308 g/mol. The molecule has 20 heavy (non-hydrogen) atoms. The Balaban J connectivity index is 2.38. The summed E-state index contributed by atoms with van der Waals surface area (Å²) >= 11 is 1.77. The first-order chi connectivity index (χ1) is 9.44. The molecule has 1 unspecified atom stereocenters. The van der Waals surface area contributed by atoms with E-state index in [1.54, 1.807) is 23.9 Å². The van der Waals surface area contributed by atoms with Crippen LogP contribution in [0.15, 0.2) is 24.3 Å². The standard InChI is InChI=1S/C14H19F3O2S/c1-3-4-13(20-2)10-18-9-11-5-7-12(8-6-11)19-14(15,16)17/h5-8,13H,3-4,9-10H2,1-2H3. The van der Waals surface area contributed by atoms with Gasteiger partial charge in [-0.05, 0) is 30.4 Å². The fourth-order valence-corrected chi connectivity index (χ4v) is 2.39. The fourth-order valence-electron chi connectivity index (χ4n) is 1.69. The van der Waals surface area contributed by atoms with Crippen LogP contribution in [-0.4, -0.2) is 24.5 Å². The predicted molar refractivity (Wildman–Crippen MR) is 75.0 cm³/mol. The number of thioether (sulfide) groups is 1. The number of ether oxygens (including phenoxy) is 2. The summed E-state index contributed by atoms with van der Waals surface area (Å²) in [6.07, 6.45) is -0.394. The van der Waals surface area contributed by atoms with Crippen molar-refractivity contribution in [3.8, 4) is 5.75 Å². The van der Waals surface area contributed by atoms with Gasteiger partial charge in [0.1, 0.15) is 5.75 Å². The van der Waals surface area contributed by atoms with Crippen LogP contribution in [-0.2, 0) is 11.3 Å². The van der Waals surface area contributed by atoms with Crippen LogP contribution in [0.2, 0.25) is 0 Å². The predicted octanol–water partition coefficient (Wildman–Crippen LogP) is 4.63. The Labute approximate surface area is 121 Å². The Morgan fingerprint density at radius 1 is 1.20 bits per heavy atom. The molecule has 0 aliphatic heterocycles. The Bertz CT molecular complexity index is 379. The lowest BCUT2D eigenvalue weighted by Gasteiger charge is -2.14. The Kier molecular flexibility index (Phi) is 7.23. The maximum atomic E-state index is 12.0. The third-order valence-corrected chi connectivity index (χ3v) is 3.71. The van der Waals surface area contributed by atoms with Gasteiger partial charge in [0.15, 0.2) is 0 Å². The van der Waals surface area contributed by atoms with Gasteiger partial charge in [-0.3, -0.25) is 0 Å². The molecule has 0 heterocycles. The van der Waals surface area contributed by atoms with Gasteiger partial charge in [-0.2, -0.15) is 11.8 Å². The SMILES string of the molecule is CCCC(COCc1ccc(OC(F)(F)F)cc1)SC. The van der Waals surface area contributed by atoms with E-state index in [0.717, 1.165) is 18.4 Å². The molecule has 1 aromatic carbocycles. The van der Waals surface area contributed by atoms with Crippen LogP contribution in [0.4, 0.5) is 13.2 Å². The zero-order valence-corrected chi connectivity index (χ0v) is 12.4. The largest absolute Gasteiger partial charge is 0.573 e. The van der Waals surface area contributed by atoms with Gasteiger partial charge in [-0.25, -0.2) is 0 Å². The van der Waals surface area contributed by atoms with Crippen LogP contribution < -0.4 is 4.74 Å². The van der Waals surface area contributed by atoms with Crippen molar-refractivity contribution in [3.05, 3.63) is 29.8 Å². The highest BCUT2D eigenvalue weighted by Gasteiger charge is 2.30. The maximum absolute atomic E-state index is 12.0. The fraction of sp³-hybridized carbons (Fsp3) is 0.571. The average molecular weight is 308 g/mol. The van der Waals surface area contributed by atoms with E-state index >= 15 is 0 Å². The van der Waals surface area contributed by atoms with Crippen LogP contribution in [0.3, 0.4) is 0 Å². The second kappa shape index (κ2) is 8.42. The molecule has 2 nitrogen and oxygen atoms in total. The van der Waals surface area contributed by atoms with Crippen molar-refractivity contribution in [1.29, 1.82) is 0 Å². The molecule has 0 aliphatic rings. The number of hydrogen-bond acceptors (Lipinski definition) is 3. The van der Waals surface area contributed by atoms with Gasteiger partial charge in [0, 0.05) is 5.25 Å². The summed E-state index contributed by atoms with van der Waals surface area (Å²) in [4.78, 5) is 0. The summed E-state index contributed by atoms with van der Waals surface area (Å²) in [5.41, 5.74) is 0.830. The lowest BCUT2D eigenvalue weighted by molar-refractivity contribution is -0.274. The average Bonchev–Trinajstić information content (AvgIpc) is 2.38. The van der Waals surface area contributed by atoms with Gasteiger partial charge in [-0.1, -0.05) is 25.5 Å². The molecule has 0 saturated carbocycles. The van der Waals surface area contributed by atoms with E-state index in [0.29, 0.717) is 18.5 Å². The van der Waals surface area contributed by atoms with E-state index in [1.165, 1.54) is 12.1 Å². The van der Waals surface area contributed by atoms with Crippen LogP contribution in [0.5, 0.6) is 5.75 Å². The van der Waals surface area contributed by atoms with E-state index in [9.17, 15) is 13.2 Å². The molecule has 0 spiro atoms. The first-order valence-electron chi connectivity index (χ1n) is 6.40. The third-order valence-electron chi connectivity index (χ3n) is 2.67. The van der Waals surface area contributed by atoms with Crippen molar-refractivity contribution in [2.24, 2.45) is 0 Å². The van der Waals surface area contributed by atoms with E-state index < -0.39 is 6.36 Å². The van der Waals surface area contributed by atoms with E-state index in [2.05, 4.69) is 11.7 Å². The second-order valence-electron chi connectivity index (χ2n) is 4.35. The summed E-state index contributed by atoms with van der Waals surface area (Å²) in [5.74, 6) is -0.214. The van der Waals surface area contributed by atoms with Crippen LogP contribution >= 0.6 is 11.8 Å². The Morgan fingerprint density at radius 3 is 2.35 bits per heavy atom. The van der Waals surface area contributed by atoms with Gasteiger partial charge in [-0.15, -0.1) is 13.2 Å². The number of rotatable bonds is 8. The first-order valence-corrected chi connectivity index (χ1v) is 7.68. The van der Waals surface area contributed by atoms with Crippen molar-refractivity contribution in [2.75, 3.05) is 12.9 Å². The van der Waals surface area contributed by atoms with Gasteiger partial charge in [0.05, 0.1) is 13.2 Å². The Hall–Kier alpha value is -0.880.